The van der Waals surface area contributed by atoms with E-state index in [-0.39, 0.29) is 17.6 Å². The van der Waals surface area contributed by atoms with Crippen LogP contribution in [0.2, 0.25) is 0 Å². The number of amides is 1. The molecule has 7 nitrogen and oxygen atoms in total. The third-order valence-electron chi connectivity index (χ3n) is 4.74. The summed E-state index contributed by atoms with van der Waals surface area (Å²) in [5.41, 5.74) is 3.09. The van der Waals surface area contributed by atoms with Gasteiger partial charge in [-0.3, -0.25) is 10.1 Å². The highest BCUT2D eigenvalue weighted by atomic mass is 19.1. The standard InChI is InChI=1S/C19H21FN6O/c1-11(2)17-21-19(25(3)24-17)22-18(27)16-14-5-4-6-15(14)26(23-16)13-9-7-12(20)8-10-13/h7-11H,4-6H2,1-3H3,(H,21,22,24,27). The number of fused-ring (bicyclic) bond motifs is 1. The lowest BCUT2D eigenvalue weighted by Crippen LogP contribution is -2.17. The average molecular weight is 368 g/mol. The van der Waals surface area contributed by atoms with Gasteiger partial charge in [0.25, 0.3) is 5.91 Å². The van der Waals surface area contributed by atoms with Gasteiger partial charge in [-0.05, 0) is 43.5 Å². The van der Waals surface area contributed by atoms with Crippen molar-refractivity contribution in [3.8, 4) is 5.69 Å². The lowest BCUT2D eigenvalue weighted by atomic mass is 10.2. The van der Waals surface area contributed by atoms with Crippen LogP contribution in [0.5, 0.6) is 0 Å². The van der Waals surface area contributed by atoms with Crippen LogP contribution in [-0.2, 0) is 19.9 Å². The van der Waals surface area contributed by atoms with Gasteiger partial charge >= 0.3 is 0 Å². The molecule has 0 unspecified atom stereocenters. The molecule has 1 aliphatic rings. The Hall–Kier alpha value is -3.03. The van der Waals surface area contributed by atoms with Crippen molar-refractivity contribution >= 4 is 11.9 Å². The van der Waals surface area contributed by atoms with Gasteiger partial charge < -0.3 is 0 Å². The van der Waals surface area contributed by atoms with Crippen LogP contribution in [-0.4, -0.2) is 30.5 Å². The first kappa shape index (κ1) is 17.4. The number of aromatic nitrogens is 5. The number of anilines is 1. The summed E-state index contributed by atoms with van der Waals surface area (Å²) in [6, 6.07) is 6.12. The maximum atomic E-state index is 13.2. The fourth-order valence-electron chi connectivity index (χ4n) is 3.33. The van der Waals surface area contributed by atoms with E-state index in [2.05, 4.69) is 20.5 Å². The number of aryl methyl sites for hydroxylation is 1. The highest BCUT2D eigenvalue weighted by molar-refractivity contribution is 6.03. The molecule has 2 aromatic heterocycles. The Morgan fingerprint density at radius 1 is 1.19 bits per heavy atom. The normalized spacial score (nSPS) is 13.2. The largest absolute Gasteiger partial charge is 0.289 e. The van der Waals surface area contributed by atoms with Crippen LogP contribution in [0.4, 0.5) is 10.3 Å². The van der Waals surface area contributed by atoms with Crippen LogP contribution in [0.15, 0.2) is 24.3 Å². The molecule has 1 amide bonds. The Morgan fingerprint density at radius 3 is 2.59 bits per heavy atom. The predicted molar refractivity (Wildman–Crippen MR) is 98.6 cm³/mol. The zero-order chi connectivity index (χ0) is 19.1. The number of benzene rings is 1. The number of rotatable bonds is 4. The number of carbonyl (C=O) groups is 1. The van der Waals surface area contributed by atoms with Crippen molar-refractivity contribution < 1.29 is 9.18 Å². The van der Waals surface area contributed by atoms with E-state index in [0.717, 1.165) is 36.2 Å². The Kier molecular flexibility index (Phi) is 4.25. The third kappa shape index (κ3) is 3.11. The lowest BCUT2D eigenvalue weighted by Gasteiger charge is -2.05. The SMILES string of the molecule is CC(C)c1nc(NC(=O)c2nn(-c3ccc(F)cc3)c3c2CCC3)n(C)n1. The lowest BCUT2D eigenvalue weighted by molar-refractivity contribution is 0.101. The van der Waals surface area contributed by atoms with Crippen molar-refractivity contribution in [1.29, 1.82) is 0 Å². The summed E-state index contributed by atoms with van der Waals surface area (Å²) in [7, 11) is 1.75. The van der Waals surface area contributed by atoms with Gasteiger partial charge in [-0.1, -0.05) is 13.8 Å². The molecule has 1 N–H and O–H groups in total. The summed E-state index contributed by atoms with van der Waals surface area (Å²) in [5, 5.41) is 11.7. The van der Waals surface area contributed by atoms with E-state index in [1.54, 1.807) is 28.5 Å². The second-order valence-corrected chi connectivity index (χ2v) is 7.04. The Bertz CT molecular complexity index is 1000. The first-order valence-electron chi connectivity index (χ1n) is 9.03. The molecule has 0 fully saturated rings. The highest BCUT2D eigenvalue weighted by Gasteiger charge is 2.27. The first-order valence-corrected chi connectivity index (χ1v) is 9.03. The summed E-state index contributed by atoms with van der Waals surface area (Å²) >= 11 is 0. The molecule has 2 heterocycles. The second-order valence-electron chi connectivity index (χ2n) is 7.04. The smallest absolute Gasteiger partial charge is 0.278 e. The van der Waals surface area contributed by atoms with Crippen LogP contribution in [0.1, 0.15) is 53.8 Å². The van der Waals surface area contributed by atoms with E-state index in [1.165, 1.54) is 12.1 Å². The molecule has 4 rings (SSSR count). The maximum Gasteiger partial charge on any atom is 0.278 e. The summed E-state index contributed by atoms with van der Waals surface area (Å²) < 4.78 is 16.5. The van der Waals surface area contributed by atoms with Gasteiger partial charge in [-0.25, -0.2) is 13.8 Å². The van der Waals surface area contributed by atoms with Crippen LogP contribution >= 0.6 is 0 Å². The highest BCUT2D eigenvalue weighted by Crippen LogP contribution is 2.28. The molecule has 3 aromatic rings. The minimum absolute atomic E-state index is 0.170. The molecule has 1 aliphatic carbocycles. The molecule has 0 spiro atoms. The predicted octanol–water partition coefficient (Wildman–Crippen LogP) is 3.00. The quantitative estimate of drug-likeness (QED) is 0.768. The molecule has 8 heteroatoms. The first-order chi connectivity index (χ1) is 12.9. The van der Waals surface area contributed by atoms with Crippen molar-refractivity contribution in [3.63, 3.8) is 0 Å². The Balaban J connectivity index is 1.67. The zero-order valence-corrected chi connectivity index (χ0v) is 15.5. The molecular weight excluding hydrogens is 347 g/mol. The summed E-state index contributed by atoms with van der Waals surface area (Å²) in [6.45, 7) is 4.00. The van der Waals surface area contributed by atoms with Crippen LogP contribution in [0.3, 0.4) is 0 Å². The number of halogens is 1. The topological polar surface area (TPSA) is 77.6 Å². The molecule has 0 aliphatic heterocycles. The number of hydrogen-bond acceptors (Lipinski definition) is 4. The summed E-state index contributed by atoms with van der Waals surface area (Å²) in [5.74, 6) is 0.633. The molecule has 0 saturated carbocycles. The number of hydrogen-bond donors (Lipinski definition) is 1. The average Bonchev–Trinajstić information content (AvgIpc) is 3.31. The van der Waals surface area contributed by atoms with E-state index >= 15 is 0 Å². The summed E-state index contributed by atoms with van der Waals surface area (Å²) in [4.78, 5) is 17.3. The molecule has 0 saturated heterocycles. The van der Waals surface area contributed by atoms with Gasteiger partial charge in [0.1, 0.15) is 5.82 Å². The monoisotopic (exact) mass is 368 g/mol. The molecule has 1 aromatic carbocycles. The van der Waals surface area contributed by atoms with Gasteiger partial charge in [0.05, 0.1) is 5.69 Å². The van der Waals surface area contributed by atoms with E-state index in [4.69, 9.17) is 0 Å². The van der Waals surface area contributed by atoms with E-state index in [1.807, 2.05) is 13.8 Å². The number of carbonyl (C=O) groups excluding carboxylic acids is 1. The van der Waals surface area contributed by atoms with Gasteiger partial charge in [0.15, 0.2) is 11.5 Å². The minimum atomic E-state index is -0.306. The third-order valence-corrected chi connectivity index (χ3v) is 4.74. The van der Waals surface area contributed by atoms with Gasteiger partial charge in [-0.15, -0.1) is 0 Å². The zero-order valence-electron chi connectivity index (χ0n) is 15.5. The van der Waals surface area contributed by atoms with Crippen LogP contribution in [0.25, 0.3) is 5.69 Å². The van der Waals surface area contributed by atoms with Gasteiger partial charge in [0.2, 0.25) is 5.95 Å². The fraction of sp³-hybridized carbons (Fsp3) is 0.368. The van der Waals surface area contributed by atoms with Crippen molar-refractivity contribution in [2.75, 3.05) is 5.32 Å². The van der Waals surface area contributed by atoms with E-state index < -0.39 is 0 Å². The van der Waals surface area contributed by atoms with E-state index in [0.29, 0.717) is 17.5 Å². The van der Waals surface area contributed by atoms with E-state index in [9.17, 15) is 9.18 Å². The molecular formula is C19H21FN6O. The van der Waals surface area contributed by atoms with Gasteiger partial charge in [-0.2, -0.15) is 15.2 Å². The van der Waals surface area contributed by atoms with Crippen molar-refractivity contribution in [2.45, 2.75) is 39.0 Å². The summed E-state index contributed by atoms with van der Waals surface area (Å²) in [6.07, 6.45) is 2.61. The molecule has 0 bridgehead atoms. The van der Waals surface area contributed by atoms with Crippen LogP contribution < -0.4 is 5.32 Å². The minimum Gasteiger partial charge on any atom is -0.289 e. The van der Waals surface area contributed by atoms with Crippen molar-refractivity contribution in [3.05, 3.63) is 52.9 Å². The second kappa shape index (κ2) is 6.61. The number of nitrogens with one attached hydrogen (secondary N) is 1. The molecule has 140 valence electrons. The molecule has 0 radical (unpaired) electrons. The molecule has 0 atom stereocenters. The van der Waals surface area contributed by atoms with Crippen molar-refractivity contribution in [1.82, 2.24) is 24.5 Å². The maximum absolute atomic E-state index is 13.2. The molecule has 27 heavy (non-hydrogen) atoms. The van der Waals surface area contributed by atoms with Gasteiger partial charge in [0, 0.05) is 24.2 Å². The fourth-order valence-corrected chi connectivity index (χ4v) is 3.33. The Morgan fingerprint density at radius 2 is 1.93 bits per heavy atom. The Labute approximate surface area is 156 Å². The van der Waals surface area contributed by atoms with Crippen molar-refractivity contribution in [2.24, 2.45) is 7.05 Å². The van der Waals surface area contributed by atoms with Crippen LogP contribution in [0, 0.1) is 5.82 Å². The number of nitrogens with zero attached hydrogens (tertiary/aromatic N) is 5.